The van der Waals surface area contributed by atoms with Crippen LogP contribution in [0.3, 0.4) is 0 Å². The van der Waals surface area contributed by atoms with Crippen molar-refractivity contribution in [2.24, 2.45) is 11.8 Å². The van der Waals surface area contributed by atoms with Gasteiger partial charge in [-0.3, -0.25) is 9.59 Å². The van der Waals surface area contributed by atoms with Gasteiger partial charge in [0.05, 0.1) is 24.5 Å². The van der Waals surface area contributed by atoms with Gasteiger partial charge in [-0.05, 0) is 19.8 Å². The number of amides is 1. The van der Waals surface area contributed by atoms with Crippen LogP contribution in [0, 0.1) is 11.8 Å². The molecule has 0 radical (unpaired) electrons. The molecule has 0 saturated heterocycles. The first-order valence-electron chi connectivity index (χ1n) is 6.47. The average molecular weight is 257 g/mol. The zero-order valence-corrected chi connectivity index (χ0v) is 11.4. The van der Waals surface area contributed by atoms with Gasteiger partial charge >= 0.3 is 5.97 Å². The number of methoxy groups -OCH3 is 1. The van der Waals surface area contributed by atoms with E-state index >= 15 is 0 Å². The summed E-state index contributed by atoms with van der Waals surface area (Å²) in [6.07, 6.45) is 3.13. The summed E-state index contributed by atoms with van der Waals surface area (Å²) in [6, 6.07) is -0.0288. The van der Waals surface area contributed by atoms with E-state index in [1.165, 1.54) is 0 Å². The number of carboxylic acids is 1. The Balaban J connectivity index is 2.70. The second kappa shape index (κ2) is 6.73. The fourth-order valence-corrected chi connectivity index (χ4v) is 2.55. The number of carboxylic acid groups (broad SMARTS) is 1. The van der Waals surface area contributed by atoms with Crippen molar-refractivity contribution in [3.05, 3.63) is 0 Å². The third kappa shape index (κ3) is 3.45. The number of rotatable bonds is 5. The van der Waals surface area contributed by atoms with Crippen LogP contribution in [-0.2, 0) is 14.3 Å². The molecule has 1 fully saturated rings. The minimum Gasteiger partial charge on any atom is -0.481 e. The van der Waals surface area contributed by atoms with Crippen LogP contribution in [0.15, 0.2) is 0 Å². The first kappa shape index (κ1) is 15.0. The second-order valence-electron chi connectivity index (χ2n) is 5.09. The number of carbonyl (C=O) groups is 2. The van der Waals surface area contributed by atoms with Gasteiger partial charge in [-0.2, -0.15) is 0 Å². The standard InChI is InChI=1S/C13H23NO4/c1-9(8-18-3)14(2)12(15)10-6-4-5-7-11(10)13(16)17/h9-11H,4-8H2,1-3H3,(H,16,17). The molecule has 0 bridgehead atoms. The summed E-state index contributed by atoms with van der Waals surface area (Å²) in [7, 11) is 3.31. The molecule has 0 heterocycles. The van der Waals surface area contributed by atoms with Gasteiger partial charge in [0.15, 0.2) is 0 Å². The third-order valence-electron chi connectivity index (χ3n) is 3.82. The Bertz CT molecular complexity index is 305. The summed E-state index contributed by atoms with van der Waals surface area (Å²) < 4.78 is 5.03. The Kier molecular flexibility index (Phi) is 5.59. The molecule has 5 heteroatoms. The Hall–Kier alpha value is -1.10. The molecule has 0 spiro atoms. The van der Waals surface area contributed by atoms with Gasteiger partial charge in [0.2, 0.25) is 5.91 Å². The minimum atomic E-state index is -0.846. The molecule has 1 N–H and O–H groups in total. The maximum Gasteiger partial charge on any atom is 0.307 e. The quantitative estimate of drug-likeness (QED) is 0.807. The highest BCUT2D eigenvalue weighted by atomic mass is 16.5. The largest absolute Gasteiger partial charge is 0.481 e. The van der Waals surface area contributed by atoms with E-state index in [0.717, 1.165) is 12.8 Å². The van der Waals surface area contributed by atoms with E-state index in [2.05, 4.69) is 0 Å². The Morgan fingerprint density at radius 3 is 2.39 bits per heavy atom. The van der Waals surface area contributed by atoms with E-state index < -0.39 is 11.9 Å². The van der Waals surface area contributed by atoms with Crippen molar-refractivity contribution in [1.29, 1.82) is 0 Å². The van der Waals surface area contributed by atoms with Gasteiger partial charge in [0.25, 0.3) is 0 Å². The summed E-state index contributed by atoms with van der Waals surface area (Å²) in [5.41, 5.74) is 0. The van der Waals surface area contributed by atoms with E-state index in [1.807, 2.05) is 6.92 Å². The zero-order valence-electron chi connectivity index (χ0n) is 11.4. The number of aliphatic carboxylic acids is 1. The average Bonchev–Trinajstić information content (AvgIpc) is 2.37. The van der Waals surface area contributed by atoms with Crippen LogP contribution in [0.4, 0.5) is 0 Å². The lowest BCUT2D eigenvalue weighted by atomic mass is 9.78. The van der Waals surface area contributed by atoms with Crippen LogP contribution in [0.1, 0.15) is 32.6 Å². The molecule has 0 aromatic carbocycles. The normalized spacial score (nSPS) is 25.5. The molecule has 0 aliphatic heterocycles. The number of nitrogens with zero attached hydrogens (tertiary/aromatic N) is 1. The summed E-state index contributed by atoms with van der Waals surface area (Å²) >= 11 is 0. The van der Waals surface area contributed by atoms with Crippen molar-refractivity contribution in [1.82, 2.24) is 4.90 Å². The fourth-order valence-electron chi connectivity index (χ4n) is 2.55. The van der Waals surface area contributed by atoms with E-state index in [0.29, 0.717) is 19.4 Å². The highest BCUT2D eigenvalue weighted by Crippen LogP contribution is 2.31. The SMILES string of the molecule is COCC(C)N(C)C(=O)C1CCCCC1C(=O)O. The van der Waals surface area contributed by atoms with Crippen molar-refractivity contribution in [3.63, 3.8) is 0 Å². The molecule has 3 atom stereocenters. The van der Waals surface area contributed by atoms with Crippen LogP contribution < -0.4 is 0 Å². The number of hydrogen-bond donors (Lipinski definition) is 1. The smallest absolute Gasteiger partial charge is 0.307 e. The molecule has 0 aromatic rings. The minimum absolute atomic E-state index is 0.0288. The highest BCUT2D eigenvalue weighted by Gasteiger charge is 2.37. The summed E-state index contributed by atoms with van der Waals surface area (Å²) in [4.78, 5) is 25.1. The highest BCUT2D eigenvalue weighted by molar-refractivity contribution is 5.85. The van der Waals surface area contributed by atoms with Crippen molar-refractivity contribution in [2.45, 2.75) is 38.6 Å². The first-order chi connectivity index (χ1) is 8.49. The first-order valence-corrected chi connectivity index (χ1v) is 6.47. The van der Waals surface area contributed by atoms with Crippen LogP contribution >= 0.6 is 0 Å². The van der Waals surface area contributed by atoms with Crippen molar-refractivity contribution in [2.75, 3.05) is 20.8 Å². The lowest BCUT2D eigenvalue weighted by Gasteiger charge is -2.33. The van der Waals surface area contributed by atoms with Crippen LogP contribution in [0.25, 0.3) is 0 Å². The van der Waals surface area contributed by atoms with E-state index in [1.54, 1.807) is 19.1 Å². The molecule has 1 amide bonds. The molecule has 104 valence electrons. The van der Waals surface area contributed by atoms with Gasteiger partial charge in [0.1, 0.15) is 0 Å². The zero-order chi connectivity index (χ0) is 13.7. The third-order valence-corrected chi connectivity index (χ3v) is 3.82. The van der Waals surface area contributed by atoms with E-state index in [4.69, 9.17) is 4.74 Å². The number of ether oxygens (including phenoxy) is 1. The monoisotopic (exact) mass is 257 g/mol. The summed E-state index contributed by atoms with van der Waals surface area (Å²) in [6.45, 7) is 2.37. The number of carbonyl (C=O) groups excluding carboxylic acids is 1. The molecular weight excluding hydrogens is 234 g/mol. The van der Waals surface area contributed by atoms with E-state index in [9.17, 15) is 14.7 Å². The van der Waals surface area contributed by atoms with Gasteiger partial charge < -0.3 is 14.7 Å². The lowest BCUT2D eigenvalue weighted by molar-refractivity contribution is -0.152. The molecule has 1 aliphatic carbocycles. The Morgan fingerprint density at radius 2 is 1.89 bits per heavy atom. The molecule has 18 heavy (non-hydrogen) atoms. The summed E-state index contributed by atoms with van der Waals surface area (Å²) in [5.74, 6) is -1.81. The lowest BCUT2D eigenvalue weighted by Crippen LogP contribution is -2.45. The Morgan fingerprint density at radius 1 is 1.33 bits per heavy atom. The molecule has 0 aromatic heterocycles. The van der Waals surface area contributed by atoms with Gasteiger partial charge in [-0.1, -0.05) is 12.8 Å². The van der Waals surface area contributed by atoms with Crippen LogP contribution in [-0.4, -0.2) is 48.7 Å². The topological polar surface area (TPSA) is 66.8 Å². The van der Waals surface area contributed by atoms with Crippen molar-refractivity contribution in [3.8, 4) is 0 Å². The molecule has 3 unspecified atom stereocenters. The predicted molar refractivity (Wildman–Crippen MR) is 67.2 cm³/mol. The molecule has 5 nitrogen and oxygen atoms in total. The maximum atomic E-state index is 12.3. The van der Waals surface area contributed by atoms with Gasteiger partial charge in [-0.25, -0.2) is 0 Å². The van der Waals surface area contributed by atoms with Crippen LogP contribution in [0.2, 0.25) is 0 Å². The molecular formula is C13H23NO4. The number of likely N-dealkylation sites (N-methyl/N-ethyl adjacent to an activating group) is 1. The Labute approximate surface area is 108 Å². The maximum absolute atomic E-state index is 12.3. The predicted octanol–water partition coefficient (Wildman–Crippen LogP) is 1.37. The molecule has 1 rings (SSSR count). The second-order valence-corrected chi connectivity index (χ2v) is 5.09. The van der Waals surface area contributed by atoms with Crippen molar-refractivity contribution >= 4 is 11.9 Å². The van der Waals surface area contributed by atoms with Crippen molar-refractivity contribution < 1.29 is 19.4 Å². The van der Waals surface area contributed by atoms with Gasteiger partial charge in [-0.15, -0.1) is 0 Å². The summed E-state index contributed by atoms with van der Waals surface area (Å²) in [5, 5.41) is 9.19. The number of hydrogen-bond acceptors (Lipinski definition) is 3. The van der Waals surface area contributed by atoms with E-state index in [-0.39, 0.29) is 17.9 Å². The molecule has 1 saturated carbocycles. The van der Waals surface area contributed by atoms with Gasteiger partial charge in [0, 0.05) is 14.2 Å². The fraction of sp³-hybridized carbons (Fsp3) is 0.846. The van der Waals surface area contributed by atoms with Crippen LogP contribution in [0.5, 0.6) is 0 Å². The molecule has 1 aliphatic rings.